The summed E-state index contributed by atoms with van der Waals surface area (Å²) in [5.74, 6) is -0.428. The summed E-state index contributed by atoms with van der Waals surface area (Å²) in [4.78, 5) is 11.2. The Bertz CT molecular complexity index is 355. The van der Waals surface area contributed by atoms with Gasteiger partial charge in [-0.15, -0.1) is 0 Å². The van der Waals surface area contributed by atoms with E-state index in [1.54, 1.807) is 6.07 Å². The molecule has 0 aliphatic heterocycles. The van der Waals surface area contributed by atoms with E-state index in [0.29, 0.717) is 5.56 Å². The lowest BCUT2D eigenvalue weighted by atomic mass is 10.1. The smallest absolute Gasteiger partial charge is 0.250 e. The predicted octanol–water partition coefficient (Wildman–Crippen LogP) is 1.18. The van der Waals surface area contributed by atoms with Crippen LogP contribution in [0.5, 0.6) is 0 Å². The minimum atomic E-state index is -0.428. The van der Waals surface area contributed by atoms with Gasteiger partial charge in [0.1, 0.15) is 0 Å². The Morgan fingerprint density at radius 3 is 2.80 bits per heavy atom. The van der Waals surface area contributed by atoms with Gasteiger partial charge in [-0.1, -0.05) is 15.9 Å². The third-order valence-electron chi connectivity index (χ3n) is 1.94. The van der Waals surface area contributed by atoms with E-state index in [9.17, 15) is 4.79 Å². The molecule has 4 nitrogen and oxygen atoms in total. The van der Waals surface area contributed by atoms with Gasteiger partial charge in [-0.25, -0.2) is 0 Å². The molecule has 0 fully saturated rings. The largest absolute Gasteiger partial charge is 0.383 e. The molecule has 0 radical (unpaired) electrons. The number of nitrogens with two attached hydrogens (primary N) is 1. The highest BCUT2D eigenvalue weighted by atomic mass is 79.9. The van der Waals surface area contributed by atoms with Crippen LogP contribution in [-0.2, 0) is 0 Å². The molecule has 0 atom stereocenters. The molecule has 15 heavy (non-hydrogen) atoms. The molecule has 0 aliphatic rings. The van der Waals surface area contributed by atoms with Crippen LogP contribution in [0.25, 0.3) is 0 Å². The number of rotatable bonds is 5. The molecule has 0 aromatic heterocycles. The Morgan fingerprint density at radius 2 is 2.20 bits per heavy atom. The number of nitrogens with one attached hydrogen (secondary N) is 2. The Kier molecular flexibility index (Phi) is 4.58. The van der Waals surface area contributed by atoms with Crippen molar-refractivity contribution in [3.63, 3.8) is 0 Å². The monoisotopic (exact) mass is 271 g/mol. The third kappa shape index (κ3) is 3.53. The summed E-state index contributed by atoms with van der Waals surface area (Å²) in [7, 11) is 1.87. The molecule has 0 unspecified atom stereocenters. The first kappa shape index (κ1) is 12.0. The molecule has 5 heteroatoms. The van der Waals surface area contributed by atoms with Crippen LogP contribution in [0.4, 0.5) is 5.69 Å². The molecule has 1 amide bonds. The number of hydrogen-bond donors (Lipinski definition) is 3. The van der Waals surface area contributed by atoms with Gasteiger partial charge in [-0.3, -0.25) is 4.79 Å². The van der Waals surface area contributed by atoms with Crippen LogP contribution in [0.15, 0.2) is 22.7 Å². The van der Waals surface area contributed by atoms with Crippen molar-refractivity contribution in [2.45, 2.75) is 0 Å². The lowest BCUT2D eigenvalue weighted by Gasteiger charge is -2.09. The number of halogens is 1. The lowest BCUT2D eigenvalue weighted by Crippen LogP contribution is -2.20. The Hall–Kier alpha value is -1.07. The van der Waals surface area contributed by atoms with E-state index in [0.717, 1.165) is 23.2 Å². The second kappa shape index (κ2) is 5.72. The molecule has 4 N–H and O–H groups in total. The molecule has 0 saturated heterocycles. The van der Waals surface area contributed by atoms with Gasteiger partial charge in [0.2, 0.25) is 0 Å². The van der Waals surface area contributed by atoms with E-state index >= 15 is 0 Å². The lowest BCUT2D eigenvalue weighted by molar-refractivity contribution is 0.100. The van der Waals surface area contributed by atoms with Crippen molar-refractivity contribution < 1.29 is 4.79 Å². The second-order valence-corrected chi connectivity index (χ2v) is 4.00. The zero-order valence-corrected chi connectivity index (χ0v) is 10.1. The maximum absolute atomic E-state index is 11.2. The van der Waals surface area contributed by atoms with Crippen LogP contribution < -0.4 is 16.4 Å². The van der Waals surface area contributed by atoms with Crippen molar-refractivity contribution in [1.29, 1.82) is 0 Å². The molecule has 0 saturated carbocycles. The van der Waals surface area contributed by atoms with Crippen molar-refractivity contribution in [2.75, 3.05) is 25.5 Å². The second-order valence-electron chi connectivity index (χ2n) is 3.08. The van der Waals surface area contributed by atoms with Crippen molar-refractivity contribution >= 4 is 27.5 Å². The number of primary amides is 1. The van der Waals surface area contributed by atoms with E-state index in [4.69, 9.17) is 5.73 Å². The molecular formula is C10H14BrN3O. The molecule has 1 rings (SSSR count). The van der Waals surface area contributed by atoms with Crippen LogP contribution in [0.3, 0.4) is 0 Å². The minimum absolute atomic E-state index is 0.428. The number of amides is 1. The van der Waals surface area contributed by atoms with E-state index in [1.165, 1.54) is 0 Å². The fourth-order valence-corrected chi connectivity index (χ4v) is 1.56. The molecule has 82 valence electrons. The Labute approximate surface area is 97.4 Å². The average molecular weight is 272 g/mol. The SMILES string of the molecule is CNCCNc1ccc(Br)cc1C(N)=O. The molecule has 0 spiro atoms. The van der Waals surface area contributed by atoms with Crippen molar-refractivity contribution in [1.82, 2.24) is 5.32 Å². The van der Waals surface area contributed by atoms with Crippen LogP contribution in [0, 0.1) is 0 Å². The maximum atomic E-state index is 11.2. The standard InChI is InChI=1S/C10H14BrN3O/c1-13-4-5-14-9-3-2-7(11)6-8(9)10(12)15/h2-3,6,13-14H,4-5H2,1H3,(H2,12,15). The molecule has 0 bridgehead atoms. The first-order valence-electron chi connectivity index (χ1n) is 4.63. The topological polar surface area (TPSA) is 67.2 Å². The average Bonchev–Trinajstić information content (AvgIpc) is 2.20. The van der Waals surface area contributed by atoms with Crippen LogP contribution in [0.1, 0.15) is 10.4 Å². The number of hydrogen-bond acceptors (Lipinski definition) is 3. The third-order valence-corrected chi connectivity index (χ3v) is 2.43. The number of benzene rings is 1. The zero-order chi connectivity index (χ0) is 11.3. The van der Waals surface area contributed by atoms with Crippen molar-refractivity contribution in [2.24, 2.45) is 5.73 Å². The first-order chi connectivity index (χ1) is 7.15. The van der Waals surface area contributed by atoms with E-state index in [2.05, 4.69) is 26.6 Å². The number of likely N-dealkylation sites (N-methyl/N-ethyl adjacent to an activating group) is 1. The van der Waals surface area contributed by atoms with Gasteiger partial charge in [-0.2, -0.15) is 0 Å². The maximum Gasteiger partial charge on any atom is 0.250 e. The normalized spacial score (nSPS) is 10.0. The molecule has 0 heterocycles. The Balaban J connectivity index is 2.81. The molecule has 1 aromatic rings. The van der Waals surface area contributed by atoms with E-state index in [-0.39, 0.29) is 0 Å². The highest BCUT2D eigenvalue weighted by Gasteiger charge is 2.07. The van der Waals surface area contributed by atoms with Crippen molar-refractivity contribution in [3.05, 3.63) is 28.2 Å². The van der Waals surface area contributed by atoms with Gasteiger partial charge in [0.05, 0.1) is 5.56 Å². The summed E-state index contributed by atoms with van der Waals surface area (Å²) < 4.78 is 0.843. The van der Waals surface area contributed by atoms with Gasteiger partial charge >= 0.3 is 0 Å². The van der Waals surface area contributed by atoms with Gasteiger partial charge < -0.3 is 16.4 Å². The van der Waals surface area contributed by atoms with Gasteiger partial charge in [0.25, 0.3) is 5.91 Å². The zero-order valence-electron chi connectivity index (χ0n) is 8.51. The summed E-state index contributed by atoms with van der Waals surface area (Å²) in [6.45, 7) is 1.58. The van der Waals surface area contributed by atoms with Crippen molar-refractivity contribution in [3.8, 4) is 0 Å². The number of carbonyl (C=O) groups excluding carboxylic acids is 1. The van der Waals surface area contributed by atoms with Crippen LogP contribution in [0.2, 0.25) is 0 Å². The summed E-state index contributed by atoms with van der Waals surface area (Å²) >= 11 is 3.30. The fraction of sp³-hybridized carbons (Fsp3) is 0.300. The fourth-order valence-electron chi connectivity index (χ4n) is 1.20. The molecular weight excluding hydrogens is 258 g/mol. The molecule has 0 aliphatic carbocycles. The summed E-state index contributed by atoms with van der Waals surface area (Å²) in [5.41, 5.74) is 6.54. The van der Waals surface area contributed by atoms with Gasteiger partial charge in [0.15, 0.2) is 0 Å². The summed E-state index contributed by atoms with van der Waals surface area (Å²) in [5, 5.41) is 6.15. The highest BCUT2D eigenvalue weighted by molar-refractivity contribution is 9.10. The minimum Gasteiger partial charge on any atom is -0.383 e. The van der Waals surface area contributed by atoms with Gasteiger partial charge in [0, 0.05) is 23.2 Å². The summed E-state index contributed by atoms with van der Waals surface area (Å²) in [6, 6.07) is 5.41. The van der Waals surface area contributed by atoms with Crippen LogP contribution in [-0.4, -0.2) is 26.0 Å². The van der Waals surface area contributed by atoms with Gasteiger partial charge in [-0.05, 0) is 25.2 Å². The first-order valence-corrected chi connectivity index (χ1v) is 5.42. The molecule has 1 aromatic carbocycles. The number of anilines is 1. The van der Waals surface area contributed by atoms with E-state index < -0.39 is 5.91 Å². The summed E-state index contributed by atoms with van der Waals surface area (Å²) in [6.07, 6.45) is 0. The van der Waals surface area contributed by atoms with E-state index in [1.807, 2.05) is 19.2 Å². The number of carbonyl (C=O) groups is 1. The van der Waals surface area contributed by atoms with Crippen LogP contribution >= 0.6 is 15.9 Å². The Morgan fingerprint density at radius 1 is 1.47 bits per heavy atom. The highest BCUT2D eigenvalue weighted by Crippen LogP contribution is 2.20. The quantitative estimate of drug-likeness (QED) is 0.705. The predicted molar refractivity (Wildman–Crippen MR) is 65.1 cm³/mol.